The van der Waals surface area contributed by atoms with Gasteiger partial charge in [0.2, 0.25) is 5.91 Å². The maximum atomic E-state index is 11.9. The molecule has 0 fully saturated rings. The normalized spacial score (nSPS) is 10.8. The lowest BCUT2D eigenvalue weighted by Gasteiger charge is -2.05. The van der Waals surface area contributed by atoms with E-state index < -0.39 is 0 Å². The van der Waals surface area contributed by atoms with Crippen LogP contribution in [-0.2, 0) is 17.8 Å². The first-order valence-corrected chi connectivity index (χ1v) is 7.46. The number of imidazole rings is 1. The minimum atomic E-state index is 0.0426. The lowest BCUT2D eigenvalue weighted by Crippen LogP contribution is -2.23. The summed E-state index contributed by atoms with van der Waals surface area (Å²) < 4.78 is 0. The fraction of sp³-hybridized carbons (Fsp3) is 0.222. The van der Waals surface area contributed by atoms with Gasteiger partial charge in [-0.1, -0.05) is 42.0 Å². The van der Waals surface area contributed by atoms with E-state index in [4.69, 9.17) is 0 Å². The van der Waals surface area contributed by atoms with E-state index in [0.29, 0.717) is 19.4 Å². The topological polar surface area (TPSA) is 57.8 Å². The number of para-hydroxylation sites is 2. The highest BCUT2D eigenvalue weighted by atomic mass is 16.1. The number of aromatic nitrogens is 2. The summed E-state index contributed by atoms with van der Waals surface area (Å²) in [5.41, 5.74) is 4.29. The van der Waals surface area contributed by atoms with Crippen molar-refractivity contribution in [2.75, 3.05) is 0 Å². The highest BCUT2D eigenvalue weighted by Crippen LogP contribution is 2.11. The highest BCUT2D eigenvalue weighted by Gasteiger charge is 2.06. The number of nitrogens with one attached hydrogen (secondary N) is 2. The molecule has 0 aliphatic heterocycles. The number of carbonyl (C=O) groups excluding carboxylic acids is 1. The Kier molecular flexibility index (Phi) is 4.19. The molecule has 4 nitrogen and oxygen atoms in total. The summed E-state index contributed by atoms with van der Waals surface area (Å²) in [5.74, 6) is 0.896. The standard InChI is InChI=1S/C18H19N3O/c1-13-6-8-14(9-7-13)12-19-18(22)11-10-17-20-15-4-2-3-5-16(15)21-17/h2-9H,10-12H2,1H3,(H,19,22)(H,20,21). The summed E-state index contributed by atoms with van der Waals surface area (Å²) >= 11 is 0. The third-order valence-electron chi connectivity index (χ3n) is 3.64. The Hall–Kier alpha value is -2.62. The lowest BCUT2D eigenvalue weighted by molar-refractivity contribution is -0.121. The van der Waals surface area contributed by atoms with E-state index >= 15 is 0 Å². The number of H-pyrrole nitrogens is 1. The second-order valence-corrected chi connectivity index (χ2v) is 5.46. The van der Waals surface area contributed by atoms with Crippen molar-refractivity contribution >= 4 is 16.9 Å². The van der Waals surface area contributed by atoms with Crippen LogP contribution in [-0.4, -0.2) is 15.9 Å². The molecule has 1 aromatic heterocycles. The Bertz CT molecular complexity index is 741. The van der Waals surface area contributed by atoms with Crippen molar-refractivity contribution in [3.05, 3.63) is 65.5 Å². The van der Waals surface area contributed by atoms with E-state index in [1.807, 2.05) is 36.4 Å². The van der Waals surface area contributed by atoms with E-state index in [0.717, 1.165) is 22.4 Å². The zero-order valence-electron chi connectivity index (χ0n) is 12.6. The smallest absolute Gasteiger partial charge is 0.220 e. The molecule has 0 atom stereocenters. The zero-order chi connectivity index (χ0) is 15.4. The summed E-state index contributed by atoms with van der Waals surface area (Å²) in [6.45, 7) is 2.62. The first kappa shape index (κ1) is 14.3. The first-order valence-electron chi connectivity index (χ1n) is 7.46. The number of aryl methyl sites for hydroxylation is 2. The molecule has 4 heteroatoms. The van der Waals surface area contributed by atoms with Crippen molar-refractivity contribution in [2.24, 2.45) is 0 Å². The number of amides is 1. The van der Waals surface area contributed by atoms with Crippen LogP contribution in [0.3, 0.4) is 0 Å². The molecule has 0 spiro atoms. The van der Waals surface area contributed by atoms with Crippen molar-refractivity contribution < 1.29 is 4.79 Å². The second-order valence-electron chi connectivity index (χ2n) is 5.46. The molecule has 2 aromatic carbocycles. The minimum Gasteiger partial charge on any atom is -0.352 e. The highest BCUT2D eigenvalue weighted by molar-refractivity contribution is 5.77. The Morgan fingerprint density at radius 2 is 1.91 bits per heavy atom. The molecule has 0 aliphatic carbocycles. The van der Waals surface area contributed by atoms with Crippen molar-refractivity contribution in [3.63, 3.8) is 0 Å². The maximum Gasteiger partial charge on any atom is 0.220 e. The van der Waals surface area contributed by atoms with Gasteiger partial charge in [0.15, 0.2) is 0 Å². The monoisotopic (exact) mass is 293 g/mol. The number of fused-ring (bicyclic) bond motifs is 1. The van der Waals surface area contributed by atoms with Crippen LogP contribution in [0.5, 0.6) is 0 Å². The van der Waals surface area contributed by atoms with Gasteiger partial charge in [-0.25, -0.2) is 4.98 Å². The van der Waals surface area contributed by atoms with E-state index in [1.54, 1.807) is 0 Å². The van der Waals surface area contributed by atoms with Crippen LogP contribution in [0.4, 0.5) is 0 Å². The van der Waals surface area contributed by atoms with Crippen molar-refractivity contribution in [1.82, 2.24) is 15.3 Å². The van der Waals surface area contributed by atoms with Crippen LogP contribution in [0.2, 0.25) is 0 Å². The number of hydrogen-bond acceptors (Lipinski definition) is 2. The van der Waals surface area contributed by atoms with Crippen molar-refractivity contribution in [2.45, 2.75) is 26.3 Å². The molecule has 0 saturated heterocycles. The molecule has 3 rings (SSSR count). The summed E-state index contributed by atoms with van der Waals surface area (Å²) in [4.78, 5) is 19.6. The van der Waals surface area contributed by atoms with Gasteiger partial charge in [-0.2, -0.15) is 0 Å². The Morgan fingerprint density at radius 3 is 2.68 bits per heavy atom. The van der Waals surface area contributed by atoms with Crippen LogP contribution >= 0.6 is 0 Å². The van der Waals surface area contributed by atoms with E-state index in [2.05, 4.69) is 34.3 Å². The summed E-state index contributed by atoms with van der Waals surface area (Å²) in [6, 6.07) is 16.1. The van der Waals surface area contributed by atoms with E-state index in [1.165, 1.54) is 5.56 Å². The van der Waals surface area contributed by atoms with Crippen molar-refractivity contribution in [3.8, 4) is 0 Å². The van der Waals surface area contributed by atoms with E-state index in [9.17, 15) is 4.79 Å². The average molecular weight is 293 g/mol. The van der Waals surface area contributed by atoms with Gasteiger partial charge in [0.1, 0.15) is 5.82 Å². The molecule has 2 N–H and O–H groups in total. The van der Waals surface area contributed by atoms with Gasteiger partial charge in [-0.15, -0.1) is 0 Å². The van der Waals surface area contributed by atoms with Crippen LogP contribution in [0.25, 0.3) is 11.0 Å². The molecule has 0 aliphatic rings. The molecular weight excluding hydrogens is 274 g/mol. The summed E-state index contributed by atoms with van der Waals surface area (Å²) in [5, 5.41) is 2.94. The molecule has 1 heterocycles. The number of carbonyl (C=O) groups is 1. The third-order valence-corrected chi connectivity index (χ3v) is 3.64. The second kappa shape index (κ2) is 6.43. The predicted octanol–water partition coefficient (Wildman–Crippen LogP) is 3.12. The van der Waals surface area contributed by atoms with Gasteiger partial charge >= 0.3 is 0 Å². The summed E-state index contributed by atoms with van der Waals surface area (Å²) in [7, 11) is 0. The maximum absolute atomic E-state index is 11.9. The van der Waals surface area contributed by atoms with Crippen LogP contribution in [0.15, 0.2) is 48.5 Å². The van der Waals surface area contributed by atoms with Crippen LogP contribution in [0, 0.1) is 6.92 Å². The molecule has 0 saturated carbocycles. The zero-order valence-corrected chi connectivity index (χ0v) is 12.6. The predicted molar refractivity (Wildman–Crippen MR) is 87.4 cm³/mol. The summed E-state index contributed by atoms with van der Waals surface area (Å²) in [6.07, 6.45) is 1.06. The lowest BCUT2D eigenvalue weighted by atomic mass is 10.1. The number of nitrogens with zero attached hydrogens (tertiary/aromatic N) is 1. The first-order chi connectivity index (χ1) is 10.7. The van der Waals surface area contributed by atoms with Gasteiger partial charge in [0.05, 0.1) is 11.0 Å². The van der Waals surface area contributed by atoms with E-state index in [-0.39, 0.29) is 5.91 Å². The van der Waals surface area contributed by atoms with Gasteiger partial charge in [-0.3, -0.25) is 4.79 Å². The number of hydrogen-bond donors (Lipinski definition) is 2. The van der Waals surface area contributed by atoms with Crippen LogP contribution < -0.4 is 5.32 Å². The Balaban J connectivity index is 1.50. The minimum absolute atomic E-state index is 0.0426. The van der Waals surface area contributed by atoms with Crippen LogP contribution in [0.1, 0.15) is 23.4 Å². The Morgan fingerprint density at radius 1 is 1.14 bits per heavy atom. The largest absolute Gasteiger partial charge is 0.352 e. The molecule has 3 aromatic rings. The fourth-order valence-corrected chi connectivity index (χ4v) is 2.35. The molecule has 0 unspecified atom stereocenters. The fourth-order valence-electron chi connectivity index (χ4n) is 2.35. The molecule has 0 bridgehead atoms. The molecule has 112 valence electrons. The van der Waals surface area contributed by atoms with Gasteiger partial charge in [0, 0.05) is 19.4 Å². The average Bonchev–Trinajstić information content (AvgIpc) is 2.95. The molecule has 1 amide bonds. The van der Waals surface area contributed by atoms with Crippen molar-refractivity contribution in [1.29, 1.82) is 0 Å². The third kappa shape index (κ3) is 3.52. The molecular formula is C18H19N3O. The van der Waals surface area contributed by atoms with Gasteiger partial charge in [-0.05, 0) is 24.6 Å². The number of rotatable bonds is 5. The molecule has 22 heavy (non-hydrogen) atoms. The van der Waals surface area contributed by atoms with Gasteiger partial charge < -0.3 is 10.3 Å². The van der Waals surface area contributed by atoms with Gasteiger partial charge in [0.25, 0.3) is 0 Å². The Labute approximate surface area is 129 Å². The number of aromatic amines is 1. The molecule has 0 radical (unpaired) electrons. The SMILES string of the molecule is Cc1ccc(CNC(=O)CCc2nc3ccccc3[nH]2)cc1. The quantitative estimate of drug-likeness (QED) is 0.759. The number of benzene rings is 2.